The lowest BCUT2D eigenvalue weighted by Crippen LogP contribution is -2.56. The molecule has 0 aromatic heterocycles. The number of ether oxygens (including phenoxy) is 1. The number of aliphatic hydroxyl groups is 3. The van der Waals surface area contributed by atoms with Crippen molar-refractivity contribution in [3.63, 3.8) is 0 Å². The van der Waals surface area contributed by atoms with Gasteiger partial charge in [-0.1, -0.05) is 12.1 Å². The fraction of sp³-hybridized carbons (Fsp3) is 0.647. The van der Waals surface area contributed by atoms with E-state index in [0.717, 1.165) is 6.42 Å². The van der Waals surface area contributed by atoms with Gasteiger partial charge in [0.2, 0.25) is 0 Å². The fourth-order valence-corrected chi connectivity index (χ4v) is 3.72. The number of benzene rings is 1. The normalized spacial score (nSPS) is 30.6. The molecule has 2 aliphatic heterocycles. The van der Waals surface area contributed by atoms with Crippen LogP contribution in [0.15, 0.2) is 24.3 Å². The molecule has 2 unspecified atom stereocenters. The Kier molecular flexibility index (Phi) is 5.61. The zero-order chi connectivity index (χ0) is 18.9. The molecule has 2 saturated heterocycles. The highest BCUT2D eigenvalue weighted by Crippen LogP contribution is 2.35. The molecule has 26 heavy (non-hydrogen) atoms. The Hall–Kier alpha value is -1.55. The zero-order valence-corrected chi connectivity index (χ0v) is 14.1. The molecule has 9 heteroatoms. The van der Waals surface area contributed by atoms with Gasteiger partial charge in [0.15, 0.2) is 5.75 Å². The van der Waals surface area contributed by atoms with Gasteiger partial charge in [-0.2, -0.15) is 0 Å². The molecule has 146 valence electrons. The summed E-state index contributed by atoms with van der Waals surface area (Å²) >= 11 is 0. The number of piperidine rings is 1. The van der Waals surface area contributed by atoms with Gasteiger partial charge in [-0.3, -0.25) is 4.90 Å². The minimum Gasteiger partial charge on any atom is -0.404 e. The molecule has 0 bridgehead atoms. The average Bonchev–Trinajstić information content (AvgIpc) is 3.00. The molecule has 3 atom stereocenters. The van der Waals surface area contributed by atoms with Crippen molar-refractivity contribution in [2.75, 3.05) is 37.6 Å². The van der Waals surface area contributed by atoms with Crippen LogP contribution in [-0.2, 0) is 0 Å². The van der Waals surface area contributed by atoms with E-state index in [1.54, 1.807) is 12.1 Å². The van der Waals surface area contributed by atoms with Gasteiger partial charge in [0, 0.05) is 32.7 Å². The Morgan fingerprint density at radius 1 is 1.04 bits per heavy atom. The average molecular weight is 376 g/mol. The van der Waals surface area contributed by atoms with Crippen molar-refractivity contribution < 1.29 is 33.2 Å². The SMILES string of the molecule is OC1CN(C[C@H]2CCN(c3ccccc3OC(F)(F)F)C2)CC(O)C1O. The summed E-state index contributed by atoms with van der Waals surface area (Å²) in [6.45, 7) is 2.29. The monoisotopic (exact) mass is 376 g/mol. The molecule has 0 saturated carbocycles. The van der Waals surface area contributed by atoms with Crippen LogP contribution >= 0.6 is 0 Å². The summed E-state index contributed by atoms with van der Waals surface area (Å²) in [6.07, 6.45) is -7.10. The van der Waals surface area contributed by atoms with Gasteiger partial charge in [0.05, 0.1) is 17.9 Å². The van der Waals surface area contributed by atoms with E-state index in [1.165, 1.54) is 12.1 Å². The Labute approximate surface area is 149 Å². The highest BCUT2D eigenvalue weighted by molar-refractivity contribution is 5.59. The molecule has 0 spiro atoms. The van der Waals surface area contributed by atoms with Gasteiger partial charge in [0.1, 0.15) is 6.10 Å². The van der Waals surface area contributed by atoms with E-state index in [2.05, 4.69) is 4.74 Å². The smallest absolute Gasteiger partial charge is 0.404 e. The number of para-hydroxylation sites is 2. The first-order valence-corrected chi connectivity index (χ1v) is 8.59. The van der Waals surface area contributed by atoms with Crippen LogP contribution in [0, 0.1) is 5.92 Å². The standard InChI is InChI=1S/C17H23F3N2O4/c18-17(19,20)26-15-4-2-1-3-12(15)22-6-5-11(8-22)7-21-9-13(23)16(25)14(24)10-21/h1-4,11,13-14,16,23-25H,5-10H2/t11-,13?,14?,16?/m1/s1. The van der Waals surface area contributed by atoms with Crippen LogP contribution in [0.3, 0.4) is 0 Å². The van der Waals surface area contributed by atoms with E-state index in [-0.39, 0.29) is 24.8 Å². The maximum atomic E-state index is 12.6. The number of β-amino-alcohol motifs (C(OH)–C–C–N with tert-alkyl or cyclic N) is 2. The number of likely N-dealkylation sites (tertiary alicyclic amines) is 1. The van der Waals surface area contributed by atoms with Gasteiger partial charge >= 0.3 is 6.36 Å². The molecule has 0 radical (unpaired) electrons. The van der Waals surface area contributed by atoms with Crippen molar-refractivity contribution in [1.82, 2.24) is 4.90 Å². The first kappa shape index (κ1) is 19.2. The number of rotatable bonds is 4. The summed E-state index contributed by atoms with van der Waals surface area (Å²) in [5.74, 6) is -0.0313. The number of anilines is 1. The van der Waals surface area contributed by atoms with Gasteiger partial charge in [-0.05, 0) is 24.5 Å². The number of halogens is 3. The second-order valence-electron chi connectivity index (χ2n) is 6.96. The molecular weight excluding hydrogens is 353 g/mol. The van der Waals surface area contributed by atoms with E-state index in [0.29, 0.717) is 25.3 Å². The van der Waals surface area contributed by atoms with E-state index < -0.39 is 24.7 Å². The van der Waals surface area contributed by atoms with Gasteiger partial charge in [0.25, 0.3) is 0 Å². The van der Waals surface area contributed by atoms with Crippen LogP contribution in [0.25, 0.3) is 0 Å². The van der Waals surface area contributed by atoms with E-state index in [1.807, 2.05) is 9.80 Å². The number of alkyl halides is 3. The summed E-state index contributed by atoms with van der Waals surface area (Å²) in [7, 11) is 0. The highest BCUT2D eigenvalue weighted by Gasteiger charge is 2.36. The molecular formula is C17H23F3N2O4. The number of hydrogen-bond acceptors (Lipinski definition) is 6. The number of nitrogens with zero attached hydrogens (tertiary/aromatic N) is 2. The first-order chi connectivity index (χ1) is 12.2. The summed E-state index contributed by atoms with van der Waals surface area (Å²) in [4.78, 5) is 3.74. The summed E-state index contributed by atoms with van der Waals surface area (Å²) in [5.41, 5.74) is 0.404. The van der Waals surface area contributed by atoms with Crippen molar-refractivity contribution in [3.8, 4) is 5.75 Å². The van der Waals surface area contributed by atoms with Crippen molar-refractivity contribution in [2.24, 2.45) is 5.92 Å². The third-order valence-electron chi connectivity index (χ3n) is 4.91. The Morgan fingerprint density at radius 2 is 1.69 bits per heavy atom. The number of aliphatic hydroxyl groups excluding tert-OH is 3. The molecule has 3 rings (SSSR count). The van der Waals surface area contributed by atoms with Crippen LogP contribution in [0.5, 0.6) is 5.75 Å². The Balaban J connectivity index is 1.61. The number of hydrogen-bond donors (Lipinski definition) is 3. The minimum absolute atomic E-state index is 0.184. The molecule has 0 amide bonds. The Morgan fingerprint density at radius 3 is 2.35 bits per heavy atom. The van der Waals surface area contributed by atoms with Crippen LogP contribution in [0.4, 0.5) is 18.9 Å². The predicted octanol–water partition coefficient (Wildman–Crippen LogP) is 0.810. The van der Waals surface area contributed by atoms with Crippen LogP contribution in [0.2, 0.25) is 0 Å². The van der Waals surface area contributed by atoms with Crippen LogP contribution < -0.4 is 9.64 Å². The van der Waals surface area contributed by atoms with Gasteiger partial charge in [-0.15, -0.1) is 13.2 Å². The lowest BCUT2D eigenvalue weighted by atomic mass is 10.00. The van der Waals surface area contributed by atoms with Crippen LogP contribution in [-0.4, -0.2) is 77.6 Å². The van der Waals surface area contributed by atoms with E-state index in [4.69, 9.17) is 0 Å². The third-order valence-corrected chi connectivity index (χ3v) is 4.91. The maximum absolute atomic E-state index is 12.6. The predicted molar refractivity (Wildman–Crippen MR) is 87.9 cm³/mol. The second kappa shape index (κ2) is 7.59. The van der Waals surface area contributed by atoms with Crippen molar-refractivity contribution >= 4 is 5.69 Å². The largest absolute Gasteiger partial charge is 0.573 e. The Bertz CT molecular complexity index is 604. The highest BCUT2D eigenvalue weighted by atomic mass is 19.4. The maximum Gasteiger partial charge on any atom is 0.573 e. The van der Waals surface area contributed by atoms with E-state index in [9.17, 15) is 28.5 Å². The molecule has 0 aliphatic carbocycles. The quantitative estimate of drug-likeness (QED) is 0.722. The summed E-state index contributed by atoms with van der Waals surface area (Å²) < 4.78 is 41.9. The van der Waals surface area contributed by atoms with Crippen molar-refractivity contribution in [2.45, 2.75) is 31.1 Å². The molecule has 1 aromatic rings. The topological polar surface area (TPSA) is 76.4 Å². The molecule has 2 aliphatic rings. The minimum atomic E-state index is -4.74. The molecule has 6 nitrogen and oxygen atoms in total. The third kappa shape index (κ3) is 4.59. The van der Waals surface area contributed by atoms with Gasteiger partial charge in [-0.25, -0.2) is 0 Å². The molecule has 2 heterocycles. The van der Waals surface area contributed by atoms with E-state index >= 15 is 0 Å². The van der Waals surface area contributed by atoms with Crippen molar-refractivity contribution in [3.05, 3.63) is 24.3 Å². The molecule has 2 fully saturated rings. The zero-order valence-electron chi connectivity index (χ0n) is 14.1. The van der Waals surface area contributed by atoms with Crippen LogP contribution in [0.1, 0.15) is 6.42 Å². The first-order valence-electron chi connectivity index (χ1n) is 8.59. The fourth-order valence-electron chi connectivity index (χ4n) is 3.72. The second-order valence-corrected chi connectivity index (χ2v) is 6.96. The lowest BCUT2D eigenvalue weighted by Gasteiger charge is -2.38. The van der Waals surface area contributed by atoms with Gasteiger partial charge < -0.3 is 25.0 Å². The summed E-state index contributed by atoms with van der Waals surface area (Å²) in [6, 6.07) is 6.08. The van der Waals surface area contributed by atoms with Crippen molar-refractivity contribution in [1.29, 1.82) is 0 Å². The lowest BCUT2D eigenvalue weighted by molar-refractivity contribution is -0.274. The molecule has 1 aromatic carbocycles. The molecule has 3 N–H and O–H groups in total. The summed E-state index contributed by atoms with van der Waals surface area (Å²) in [5, 5.41) is 29.2.